The number of pyridine rings is 4. The summed E-state index contributed by atoms with van der Waals surface area (Å²) in [6.45, 7) is 9.35. The lowest BCUT2D eigenvalue weighted by Gasteiger charge is -2.18. The van der Waals surface area contributed by atoms with Crippen LogP contribution in [0.25, 0.3) is 22.5 Å². The molecule has 12 nitrogen and oxygen atoms in total. The number of amides is 2. The van der Waals surface area contributed by atoms with Crippen LogP contribution in [0, 0.1) is 37.1 Å². The fourth-order valence-electron chi connectivity index (χ4n) is 6.90. The third kappa shape index (κ3) is 15.5. The molecule has 6 heterocycles. The van der Waals surface area contributed by atoms with Gasteiger partial charge in [-0.3, -0.25) is 29.5 Å². The van der Waals surface area contributed by atoms with Gasteiger partial charge < -0.3 is 29.6 Å². The summed E-state index contributed by atoms with van der Waals surface area (Å²) < 4.78 is 72.7. The Morgan fingerprint density at radius 2 is 1.05 bits per heavy atom. The van der Waals surface area contributed by atoms with Gasteiger partial charge in [0.2, 0.25) is 0 Å². The van der Waals surface area contributed by atoms with Gasteiger partial charge in [0.05, 0.1) is 58.3 Å². The summed E-state index contributed by atoms with van der Waals surface area (Å²) in [5.74, 6) is -2.37. The van der Waals surface area contributed by atoms with Crippen molar-refractivity contribution in [3.63, 3.8) is 0 Å². The van der Waals surface area contributed by atoms with E-state index in [0.717, 1.165) is 45.9 Å². The van der Waals surface area contributed by atoms with Crippen LogP contribution in [0.4, 0.5) is 40.3 Å². The predicted octanol–water partition coefficient (Wildman–Crippen LogP) is 15.5. The number of aromatic nitrogens is 4. The van der Waals surface area contributed by atoms with E-state index in [1.165, 1.54) is 83.2 Å². The van der Waals surface area contributed by atoms with Crippen LogP contribution in [0.1, 0.15) is 67.1 Å². The smallest absolute Gasteiger partial charge is 0.265 e. The van der Waals surface area contributed by atoms with Crippen LogP contribution in [0.2, 0.25) is 10.0 Å². The van der Waals surface area contributed by atoms with Crippen molar-refractivity contribution in [3.05, 3.63) is 174 Å². The minimum Gasteiger partial charge on any atom is -0.487 e. The fraction of sp³-hybridized carbons (Fsp3) is 0.176. The Hall–Kier alpha value is -6.42. The molecule has 8 rings (SSSR count). The molecule has 8 aromatic rings. The Balaban J connectivity index is 0.000000230. The molecule has 0 radical (unpaired) electrons. The van der Waals surface area contributed by atoms with E-state index >= 15 is 0 Å². The molecule has 1 unspecified atom stereocenters. The van der Waals surface area contributed by atoms with Gasteiger partial charge in [0, 0.05) is 89.4 Å². The third-order valence-electron chi connectivity index (χ3n) is 9.87. The Labute approximate surface area is 446 Å². The maximum Gasteiger partial charge on any atom is 0.265 e. The van der Waals surface area contributed by atoms with Gasteiger partial charge in [0.25, 0.3) is 11.8 Å². The van der Waals surface area contributed by atoms with Crippen LogP contribution in [0.15, 0.2) is 110 Å². The van der Waals surface area contributed by atoms with E-state index in [0.29, 0.717) is 64.8 Å². The van der Waals surface area contributed by atoms with Crippen molar-refractivity contribution in [1.29, 1.82) is 0 Å². The number of carbonyl (C=O) groups excluding carboxylic acids is 2. The Morgan fingerprint density at radius 3 is 1.58 bits per heavy atom. The monoisotopic (exact) mass is 1110 g/mol. The minimum atomic E-state index is -0.669. The highest BCUT2D eigenvalue weighted by atomic mass is 35.5. The summed E-state index contributed by atoms with van der Waals surface area (Å²) in [7, 11) is 0. The number of anilines is 4. The number of carbonyl (C=O) groups is 2. The first-order valence-corrected chi connectivity index (χ1v) is 26.7. The van der Waals surface area contributed by atoms with Crippen molar-refractivity contribution in [2.45, 2.75) is 47.3 Å². The van der Waals surface area contributed by atoms with Gasteiger partial charge in [-0.1, -0.05) is 60.9 Å². The van der Waals surface area contributed by atoms with E-state index in [-0.39, 0.29) is 29.9 Å². The van der Waals surface area contributed by atoms with Crippen LogP contribution >= 0.6 is 69.8 Å². The summed E-state index contributed by atoms with van der Waals surface area (Å²) in [6.07, 6.45) is 10.2. The van der Waals surface area contributed by atoms with Crippen LogP contribution < -0.4 is 29.6 Å². The van der Waals surface area contributed by atoms with Gasteiger partial charge in [-0.25, -0.2) is 17.6 Å². The molecular formula is C51H46Cl2F4N8O4S4. The number of benzene rings is 2. The molecule has 0 bridgehead atoms. The Kier molecular flexibility index (Phi) is 20.3. The van der Waals surface area contributed by atoms with Crippen LogP contribution in [0.5, 0.6) is 11.5 Å². The van der Waals surface area contributed by atoms with E-state index in [1.807, 2.05) is 40.2 Å². The van der Waals surface area contributed by atoms with Crippen molar-refractivity contribution in [3.8, 4) is 34.0 Å². The normalized spacial score (nSPS) is 11.0. The zero-order valence-electron chi connectivity index (χ0n) is 40.0. The lowest BCUT2D eigenvalue weighted by Crippen LogP contribution is -2.10. The molecule has 22 heteroatoms. The molecule has 4 N–H and O–H groups in total. The van der Waals surface area contributed by atoms with Gasteiger partial charge in [0.1, 0.15) is 47.5 Å². The van der Waals surface area contributed by atoms with Crippen molar-refractivity contribution in [1.82, 2.24) is 19.9 Å². The van der Waals surface area contributed by atoms with E-state index in [1.54, 1.807) is 55.5 Å². The quantitative estimate of drug-likeness (QED) is 0.0538. The molecule has 0 aliphatic carbocycles. The number of halogens is 6. The van der Waals surface area contributed by atoms with Gasteiger partial charge in [-0.2, -0.15) is 0 Å². The van der Waals surface area contributed by atoms with Crippen molar-refractivity contribution in [2.75, 3.05) is 32.6 Å². The molecule has 2 amide bonds. The van der Waals surface area contributed by atoms with Gasteiger partial charge in [0.15, 0.2) is 0 Å². The number of ether oxygens (including phenoxy) is 2. The van der Waals surface area contributed by atoms with E-state index < -0.39 is 29.4 Å². The number of thiophene rings is 2. The Morgan fingerprint density at radius 1 is 0.603 bits per heavy atom. The third-order valence-corrected chi connectivity index (χ3v) is 13.3. The van der Waals surface area contributed by atoms with E-state index in [9.17, 15) is 27.2 Å². The molecule has 380 valence electrons. The number of rotatable bonds is 16. The van der Waals surface area contributed by atoms with Crippen LogP contribution in [-0.2, 0) is 6.61 Å². The first-order chi connectivity index (χ1) is 35.0. The number of hydrogen-bond acceptors (Lipinski definition) is 14. The minimum absolute atomic E-state index is 0.0597. The molecule has 2 aromatic carbocycles. The molecule has 0 fully saturated rings. The molecule has 0 aliphatic heterocycles. The Bertz CT molecular complexity index is 3220. The molecule has 0 saturated carbocycles. The van der Waals surface area contributed by atoms with Crippen molar-refractivity contribution < 1.29 is 36.6 Å². The highest BCUT2D eigenvalue weighted by molar-refractivity contribution is 8.00. The fourth-order valence-corrected chi connectivity index (χ4v) is 9.91. The zero-order valence-corrected chi connectivity index (χ0v) is 44.8. The van der Waals surface area contributed by atoms with E-state index in [2.05, 4.69) is 40.0 Å². The van der Waals surface area contributed by atoms with Gasteiger partial charge >= 0.3 is 0 Å². The molecule has 0 spiro atoms. The topological polar surface area (TPSA) is 152 Å². The number of hydrogen-bond donors (Lipinski definition) is 4. The van der Waals surface area contributed by atoms with Gasteiger partial charge in [-0.05, 0) is 81.4 Å². The van der Waals surface area contributed by atoms with Crippen LogP contribution in [-0.4, -0.2) is 44.3 Å². The molecule has 1 atom stereocenters. The molecular weight excluding hydrogens is 1060 g/mol. The number of nitrogens with zero attached hydrogens (tertiary/aromatic N) is 4. The first kappa shape index (κ1) is 55.9. The maximum absolute atomic E-state index is 14.2. The molecule has 73 heavy (non-hydrogen) atoms. The first-order valence-electron chi connectivity index (χ1n) is 21.9. The standard InChI is InChI=1S/C25H21ClF2N4O2S2.C24H19ClF2N4O2S2.C2H6/c1-13(34-20-6-16(27)10-29-12-20)21-7-17(28)11-30-24(21)22-9-23(36-14(22)2)25(33)31-18-4-15(26)5-19(8-18)32-35-3;1-13-21(8-22(35-13)24(32)30-18-4-15(25)5-19(7-18)31-34-2)23-14(3-16(26)10-29-23)12-33-20-6-17(27)9-28-11-20;1-2/h4-13,32H,1-3H3,(H,31,33);3-11,31H,12H2,1-2H3,(H,30,32);1-2H3. The van der Waals surface area contributed by atoms with Crippen LogP contribution in [0.3, 0.4) is 0 Å². The van der Waals surface area contributed by atoms with Crippen molar-refractivity contribution >= 4 is 104 Å². The summed E-state index contributed by atoms with van der Waals surface area (Å²) in [6, 6.07) is 18.8. The van der Waals surface area contributed by atoms with Crippen molar-refractivity contribution in [2.24, 2.45) is 0 Å². The van der Waals surface area contributed by atoms with E-state index in [4.69, 9.17) is 32.7 Å². The van der Waals surface area contributed by atoms with Gasteiger partial charge in [-0.15, -0.1) is 22.7 Å². The summed E-state index contributed by atoms with van der Waals surface area (Å²) in [5, 5.41) is 6.68. The summed E-state index contributed by atoms with van der Waals surface area (Å²) >= 11 is 17.7. The highest BCUT2D eigenvalue weighted by Crippen LogP contribution is 2.37. The molecule has 0 aliphatic rings. The summed E-state index contributed by atoms with van der Waals surface area (Å²) in [4.78, 5) is 44.6. The molecule has 0 saturated heterocycles. The predicted molar refractivity (Wildman–Crippen MR) is 291 cm³/mol. The number of aryl methyl sites for hydroxylation is 2. The molecule has 6 aromatic heterocycles. The highest BCUT2D eigenvalue weighted by Gasteiger charge is 2.23. The SMILES string of the molecule is CC.CSNc1cc(Cl)cc(NC(=O)c2cc(-c3ncc(F)cc3C(C)Oc3cncc(F)c3)c(C)s2)c1.CSNc1cc(Cl)cc(NC(=O)c2cc(-c3ncc(F)cc3COc3cncc(F)c3)c(C)s2)c1. The lowest BCUT2D eigenvalue weighted by atomic mass is 10.0. The zero-order chi connectivity index (χ0) is 52.8. The second kappa shape index (κ2) is 26.5. The summed E-state index contributed by atoms with van der Waals surface area (Å²) in [5.41, 5.74) is 5.79. The number of nitrogens with one attached hydrogen (secondary N) is 4. The average molecular weight is 1110 g/mol. The lowest BCUT2D eigenvalue weighted by molar-refractivity contribution is 0.102. The second-order valence-electron chi connectivity index (χ2n) is 15.1. The average Bonchev–Trinajstić information content (AvgIpc) is 3.93. The largest absolute Gasteiger partial charge is 0.487 e. The second-order valence-corrected chi connectivity index (χ2v) is 19.7. The maximum atomic E-state index is 14.2.